The number of hydrogen-bond donors (Lipinski definition) is 0. The van der Waals surface area contributed by atoms with E-state index in [1.54, 1.807) is 30.3 Å². The Bertz CT molecular complexity index is 927. The summed E-state index contributed by atoms with van der Waals surface area (Å²) in [4.78, 5) is 23.7. The number of benzene rings is 2. The average molecular weight is 373 g/mol. The first-order valence-corrected chi connectivity index (χ1v) is 9.13. The lowest BCUT2D eigenvalue weighted by molar-refractivity contribution is 0.0600. The molecule has 0 radical (unpaired) electrons. The van der Waals surface area contributed by atoms with Crippen molar-refractivity contribution in [1.29, 1.82) is 0 Å². The van der Waals surface area contributed by atoms with E-state index in [0.717, 1.165) is 9.87 Å². The smallest absolute Gasteiger partial charge is 0.337 e. The molecular formula is C19H19NO5S. The van der Waals surface area contributed by atoms with Crippen LogP contribution in [0.4, 0.5) is 0 Å². The van der Waals surface area contributed by atoms with Gasteiger partial charge in [0.1, 0.15) is 0 Å². The largest absolute Gasteiger partial charge is 0.465 e. The van der Waals surface area contributed by atoms with Crippen molar-refractivity contribution in [3.63, 3.8) is 0 Å². The molecule has 26 heavy (non-hydrogen) atoms. The van der Waals surface area contributed by atoms with Crippen LogP contribution in [0.25, 0.3) is 6.08 Å². The number of ether oxygens (including phenoxy) is 1. The van der Waals surface area contributed by atoms with Crippen molar-refractivity contribution in [2.45, 2.75) is 4.90 Å². The number of carbonyl (C=O) groups is 2. The van der Waals surface area contributed by atoms with Gasteiger partial charge in [-0.25, -0.2) is 17.5 Å². The lowest BCUT2D eigenvalue weighted by atomic mass is 10.1. The van der Waals surface area contributed by atoms with E-state index in [2.05, 4.69) is 4.74 Å². The third kappa shape index (κ3) is 4.44. The lowest BCUT2D eigenvalue weighted by Gasteiger charge is -2.11. The van der Waals surface area contributed by atoms with E-state index >= 15 is 0 Å². The van der Waals surface area contributed by atoms with Gasteiger partial charge < -0.3 is 4.74 Å². The summed E-state index contributed by atoms with van der Waals surface area (Å²) in [5, 5.41) is 0. The minimum Gasteiger partial charge on any atom is -0.465 e. The second kappa shape index (κ2) is 8.07. The normalized spacial score (nSPS) is 11.7. The molecule has 0 fully saturated rings. The van der Waals surface area contributed by atoms with Crippen LogP contribution in [0, 0.1) is 0 Å². The van der Waals surface area contributed by atoms with Gasteiger partial charge in [0.05, 0.1) is 17.6 Å². The molecule has 0 spiro atoms. The molecule has 0 aliphatic carbocycles. The van der Waals surface area contributed by atoms with Crippen LogP contribution in [0.2, 0.25) is 0 Å². The van der Waals surface area contributed by atoms with Gasteiger partial charge in [-0.3, -0.25) is 4.79 Å². The zero-order valence-electron chi connectivity index (χ0n) is 14.7. The van der Waals surface area contributed by atoms with Crippen LogP contribution in [0.15, 0.2) is 59.5 Å². The Labute approximate surface area is 152 Å². The molecule has 2 rings (SSSR count). The van der Waals surface area contributed by atoms with E-state index in [1.165, 1.54) is 51.5 Å². The van der Waals surface area contributed by atoms with E-state index in [1.807, 2.05) is 0 Å². The summed E-state index contributed by atoms with van der Waals surface area (Å²) in [7, 11) is 0.682. The third-order valence-electron chi connectivity index (χ3n) is 3.68. The van der Waals surface area contributed by atoms with Gasteiger partial charge in [0.15, 0.2) is 5.78 Å². The van der Waals surface area contributed by atoms with Crippen LogP contribution in [0.3, 0.4) is 0 Å². The number of allylic oxidation sites excluding steroid dienone is 1. The second-order valence-corrected chi connectivity index (χ2v) is 7.77. The molecule has 0 bridgehead atoms. The van der Waals surface area contributed by atoms with Crippen molar-refractivity contribution in [3.8, 4) is 0 Å². The summed E-state index contributed by atoms with van der Waals surface area (Å²) in [6.45, 7) is 0. The highest BCUT2D eigenvalue weighted by atomic mass is 32.2. The van der Waals surface area contributed by atoms with Gasteiger partial charge in [-0.1, -0.05) is 18.2 Å². The molecular weight excluding hydrogens is 354 g/mol. The molecule has 136 valence electrons. The summed E-state index contributed by atoms with van der Waals surface area (Å²) in [5.41, 5.74) is 1.55. The average Bonchev–Trinajstić information content (AvgIpc) is 2.65. The molecule has 0 saturated carbocycles. The summed E-state index contributed by atoms with van der Waals surface area (Å²) in [6, 6.07) is 12.4. The van der Waals surface area contributed by atoms with Crippen LogP contribution in [0.1, 0.15) is 26.3 Å². The van der Waals surface area contributed by atoms with E-state index in [0.29, 0.717) is 11.1 Å². The zero-order chi connectivity index (χ0) is 19.3. The molecule has 0 heterocycles. The standard InChI is InChI=1S/C19H19NO5S/c1-20(2)26(23,24)17-11-9-15(10-12-17)18(21)13-6-14-4-7-16(8-5-14)19(22)25-3/h4-13H,1-3H3. The van der Waals surface area contributed by atoms with Crippen molar-refractivity contribution in [3.05, 3.63) is 71.3 Å². The third-order valence-corrected chi connectivity index (χ3v) is 5.51. The SMILES string of the molecule is COC(=O)c1ccc(C=CC(=O)c2ccc(S(=O)(=O)N(C)C)cc2)cc1. The Balaban J connectivity index is 2.12. The monoisotopic (exact) mass is 373 g/mol. The maximum absolute atomic E-state index is 12.2. The zero-order valence-corrected chi connectivity index (χ0v) is 15.5. The Kier molecular flexibility index (Phi) is 6.07. The molecule has 2 aromatic carbocycles. The van der Waals surface area contributed by atoms with Crippen molar-refractivity contribution >= 4 is 27.9 Å². The number of nitrogens with zero attached hydrogens (tertiary/aromatic N) is 1. The number of carbonyl (C=O) groups excluding carboxylic acids is 2. The highest BCUT2D eigenvalue weighted by molar-refractivity contribution is 7.89. The molecule has 0 unspecified atom stereocenters. The van der Waals surface area contributed by atoms with Gasteiger partial charge in [-0.2, -0.15) is 0 Å². The van der Waals surface area contributed by atoms with E-state index in [9.17, 15) is 18.0 Å². The molecule has 0 saturated heterocycles. The van der Waals surface area contributed by atoms with Crippen molar-refractivity contribution in [2.75, 3.05) is 21.2 Å². The molecule has 0 N–H and O–H groups in total. The van der Waals surface area contributed by atoms with E-state index in [4.69, 9.17) is 0 Å². The van der Waals surface area contributed by atoms with Gasteiger partial charge in [-0.15, -0.1) is 0 Å². The summed E-state index contributed by atoms with van der Waals surface area (Å²) >= 11 is 0. The van der Waals surface area contributed by atoms with E-state index in [-0.39, 0.29) is 10.7 Å². The van der Waals surface area contributed by atoms with Gasteiger partial charge in [-0.05, 0) is 48.0 Å². The maximum atomic E-state index is 12.2. The van der Waals surface area contributed by atoms with Crippen LogP contribution in [-0.2, 0) is 14.8 Å². The number of sulfonamides is 1. The molecule has 0 aliphatic heterocycles. The minimum atomic E-state index is -3.52. The molecule has 0 aromatic heterocycles. The van der Waals surface area contributed by atoms with Crippen molar-refractivity contribution in [1.82, 2.24) is 4.31 Å². The van der Waals surface area contributed by atoms with Gasteiger partial charge >= 0.3 is 5.97 Å². The molecule has 0 atom stereocenters. The molecule has 7 heteroatoms. The van der Waals surface area contributed by atoms with Gasteiger partial charge in [0.2, 0.25) is 10.0 Å². The predicted octanol–water partition coefficient (Wildman–Crippen LogP) is 2.62. The first kappa shape index (κ1) is 19.6. The highest BCUT2D eigenvalue weighted by Gasteiger charge is 2.17. The van der Waals surface area contributed by atoms with Crippen LogP contribution in [-0.4, -0.2) is 45.7 Å². The maximum Gasteiger partial charge on any atom is 0.337 e. The Morgan fingerprint density at radius 2 is 1.46 bits per heavy atom. The first-order chi connectivity index (χ1) is 12.3. The molecule has 2 aromatic rings. The minimum absolute atomic E-state index is 0.126. The van der Waals surface area contributed by atoms with E-state index < -0.39 is 16.0 Å². The number of ketones is 1. The topological polar surface area (TPSA) is 80.8 Å². The summed E-state index contributed by atoms with van der Waals surface area (Å²) in [5.74, 6) is -0.680. The van der Waals surface area contributed by atoms with Crippen LogP contribution >= 0.6 is 0 Å². The fraction of sp³-hybridized carbons (Fsp3) is 0.158. The van der Waals surface area contributed by atoms with Gasteiger partial charge in [0, 0.05) is 19.7 Å². The predicted molar refractivity (Wildman–Crippen MR) is 98.5 cm³/mol. The first-order valence-electron chi connectivity index (χ1n) is 7.69. The number of rotatable bonds is 6. The molecule has 0 amide bonds. The fourth-order valence-electron chi connectivity index (χ4n) is 2.12. The lowest BCUT2D eigenvalue weighted by Crippen LogP contribution is -2.22. The van der Waals surface area contributed by atoms with Crippen LogP contribution in [0.5, 0.6) is 0 Å². The molecule has 6 nitrogen and oxygen atoms in total. The number of hydrogen-bond acceptors (Lipinski definition) is 5. The molecule has 0 aliphatic rings. The van der Waals surface area contributed by atoms with Crippen molar-refractivity contribution in [2.24, 2.45) is 0 Å². The highest BCUT2D eigenvalue weighted by Crippen LogP contribution is 2.15. The summed E-state index contributed by atoms with van der Waals surface area (Å²) in [6.07, 6.45) is 3.01. The Morgan fingerprint density at radius 1 is 0.923 bits per heavy atom. The number of esters is 1. The quantitative estimate of drug-likeness (QED) is 0.442. The summed E-state index contributed by atoms with van der Waals surface area (Å²) < 4.78 is 29.8. The second-order valence-electron chi connectivity index (χ2n) is 5.62. The number of methoxy groups -OCH3 is 1. The Hall–Kier alpha value is -2.77. The van der Waals surface area contributed by atoms with Gasteiger partial charge in [0.25, 0.3) is 0 Å². The Morgan fingerprint density at radius 3 is 1.96 bits per heavy atom. The fourth-order valence-corrected chi connectivity index (χ4v) is 3.02. The van der Waals surface area contributed by atoms with Crippen molar-refractivity contribution < 1.29 is 22.7 Å². The van der Waals surface area contributed by atoms with Crippen LogP contribution < -0.4 is 0 Å².